The van der Waals surface area contributed by atoms with Gasteiger partial charge in [-0.15, -0.1) is 0 Å². The van der Waals surface area contributed by atoms with E-state index in [1.165, 1.54) is 12.1 Å². The van der Waals surface area contributed by atoms with Crippen LogP contribution in [0.3, 0.4) is 0 Å². The molecule has 118 valence electrons. The van der Waals surface area contributed by atoms with E-state index in [1.807, 2.05) is 6.92 Å². The van der Waals surface area contributed by atoms with Crippen LogP contribution in [0.25, 0.3) is 0 Å². The van der Waals surface area contributed by atoms with Crippen LogP contribution in [0.5, 0.6) is 0 Å². The van der Waals surface area contributed by atoms with Crippen LogP contribution >= 0.6 is 0 Å². The van der Waals surface area contributed by atoms with Crippen LogP contribution in [0.15, 0.2) is 41.4 Å². The molecule has 0 atom stereocenters. The van der Waals surface area contributed by atoms with Gasteiger partial charge in [0.05, 0.1) is 10.6 Å². The predicted octanol–water partition coefficient (Wildman–Crippen LogP) is 3.35. The van der Waals surface area contributed by atoms with Gasteiger partial charge in [0.1, 0.15) is 0 Å². The summed E-state index contributed by atoms with van der Waals surface area (Å²) < 4.78 is 31.7. The Morgan fingerprint density at radius 2 is 1.73 bits per heavy atom. The standard InChI is InChI=1S/C16H19NO4S/c1-12-6-8-14(9-7-12)22(19,20)17-13(2)16(21-15(17)18)10-4-3-5-11-16/h6-9H,2-5,10-11H2,1H3. The predicted molar refractivity (Wildman–Crippen MR) is 81.6 cm³/mol. The number of nitrogens with zero attached hydrogens (tertiary/aromatic N) is 1. The van der Waals surface area contributed by atoms with Crippen LogP contribution < -0.4 is 0 Å². The lowest BCUT2D eigenvalue weighted by molar-refractivity contribution is 0.0406. The van der Waals surface area contributed by atoms with Gasteiger partial charge in [-0.05, 0) is 44.7 Å². The van der Waals surface area contributed by atoms with Crippen LogP contribution in [0, 0.1) is 6.92 Å². The lowest BCUT2D eigenvalue weighted by Crippen LogP contribution is -2.35. The molecule has 2 aliphatic rings. The first kappa shape index (κ1) is 15.1. The molecule has 2 fully saturated rings. The van der Waals surface area contributed by atoms with Gasteiger partial charge < -0.3 is 4.74 Å². The first-order chi connectivity index (χ1) is 10.4. The molecule has 0 N–H and O–H groups in total. The highest BCUT2D eigenvalue weighted by Crippen LogP contribution is 2.45. The second kappa shape index (κ2) is 5.12. The van der Waals surface area contributed by atoms with Crippen molar-refractivity contribution in [1.82, 2.24) is 4.31 Å². The molecule has 1 aromatic rings. The van der Waals surface area contributed by atoms with Crippen molar-refractivity contribution >= 4 is 16.1 Å². The van der Waals surface area contributed by atoms with E-state index in [0.29, 0.717) is 12.8 Å². The van der Waals surface area contributed by atoms with Gasteiger partial charge in [0.25, 0.3) is 10.0 Å². The number of sulfonamides is 1. The van der Waals surface area contributed by atoms with E-state index in [4.69, 9.17) is 4.74 Å². The van der Waals surface area contributed by atoms with E-state index in [0.717, 1.165) is 29.1 Å². The topological polar surface area (TPSA) is 63.7 Å². The molecule has 1 heterocycles. The summed E-state index contributed by atoms with van der Waals surface area (Å²) in [5.74, 6) is 0. The van der Waals surface area contributed by atoms with E-state index in [-0.39, 0.29) is 10.6 Å². The van der Waals surface area contributed by atoms with Gasteiger partial charge in [-0.1, -0.05) is 30.7 Å². The van der Waals surface area contributed by atoms with Crippen molar-refractivity contribution in [2.45, 2.75) is 49.5 Å². The molecular weight excluding hydrogens is 302 g/mol. The van der Waals surface area contributed by atoms with E-state index in [1.54, 1.807) is 12.1 Å². The summed E-state index contributed by atoms with van der Waals surface area (Å²) in [6.07, 6.45) is 3.31. The zero-order valence-corrected chi connectivity index (χ0v) is 13.4. The summed E-state index contributed by atoms with van der Waals surface area (Å²) in [7, 11) is -3.97. The van der Waals surface area contributed by atoms with Crippen molar-refractivity contribution in [3.8, 4) is 0 Å². The molecule has 1 saturated heterocycles. The van der Waals surface area contributed by atoms with Gasteiger partial charge in [-0.3, -0.25) is 0 Å². The van der Waals surface area contributed by atoms with E-state index < -0.39 is 21.7 Å². The Morgan fingerprint density at radius 1 is 1.14 bits per heavy atom. The largest absolute Gasteiger partial charge is 0.435 e. The third kappa shape index (κ3) is 2.22. The van der Waals surface area contributed by atoms with Gasteiger partial charge in [0, 0.05) is 0 Å². The summed E-state index contributed by atoms with van der Waals surface area (Å²) in [5, 5.41) is 0. The van der Waals surface area contributed by atoms with Gasteiger partial charge in [-0.25, -0.2) is 13.2 Å². The monoisotopic (exact) mass is 321 g/mol. The highest BCUT2D eigenvalue weighted by atomic mass is 32.2. The summed E-state index contributed by atoms with van der Waals surface area (Å²) in [4.78, 5) is 12.3. The number of carbonyl (C=O) groups excluding carboxylic acids is 1. The number of rotatable bonds is 2. The molecule has 22 heavy (non-hydrogen) atoms. The van der Waals surface area contributed by atoms with E-state index in [9.17, 15) is 13.2 Å². The second-order valence-corrected chi connectivity index (χ2v) is 7.74. The quantitative estimate of drug-likeness (QED) is 0.838. The molecule has 3 rings (SSSR count). The fourth-order valence-corrected chi connectivity index (χ4v) is 4.52. The Balaban J connectivity index is 1.98. The third-order valence-electron chi connectivity index (χ3n) is 4.44. The lowest BCUT2D eigenvalue weighted by Gasteiger charge is -2.31. The van der Waals surface area contributed by atoms with E-state index in [2.05, 4.69) is 6.58 Å². The summed E-state index contributed by atoms with van der Waals surface area (Å²) in [6.45, 7) is 5.74. The number of hydrogen-bond acceptors (Lipinski definition) is 4. The molecule has 1 aliphatic carbocycles. The van der Waals surface area contributed by atoms with Crippen molar-refractivity contribution in [2.75, 3.05) is 0 Å². The van der Waals surface area contributed by atoms with E-state index >= 15 is 0 Å². The highest BCUT2D eigenvalue weighted by Gasteiger charge is 2.53. The minimum Gasteiger partial charge on any atom is -0.435 e. The third-order valence-corrected chi connectivity index (χ3v) is 6.16. The summed E-state index contributed by atoms with van der Waals surface area (Å²) >= 11 is 0. The normalized spacial score (nSPS) is 21.2. The van der Waals surface area contributed by atoms with Crippen molar-refractivity contribution in [1.29, 1.82) is 0 Å². The number of ether oxygens (including phenoxy) is 1. The molecule has 1 saturated carbocycles. The Kier molecular flexibility index (Phi) is 3.51. The second-order valence-electron chi connectivity index (χ2n) is 5.95. The number of aryl methyl sites for hydroxylation is 1. The van der Waals surface area contributed by atoms with Crippen LogP contribution in [0.1, 0.15) is 37.7 Å². The molecule has 1 spiro atoms. The lowest BCUT2D eigenvalue weighted by atomic mass is 9.83. The first-order valence-corrected chi connectivity index (χ1v) is 8.85. The average molecular weight is 321 g/mol. The smallest absolute Gasteiger partial charge is 0.429 e. The minimum atomic E-state index is -3.97. The fourth-order valence-electron chi connectivity index (χ4n) is 3.14. The minimum absolute atomic E-state index is 0.0732. The van der Waals surface area contributed by atoms with Crippen molar-refractivity contribution < 1.29 is 17.9 Å². The van der Waals surface area contributed by atoms with Gasteiger partial charge >= 0.3 is 6.09 Å². The molecular formula is C16H19NO4S. The van der Waals surface area contributed by atoms with Crippen LogP contribution in [-0.2, 0) is 14.8 Å². The zero-order chi connectivity index (χ0) is 16.0. The summed E-state index contributed by atoms with van der Waals surface area (Å²) in [6, 6.07) is 6.40. The number of hydrogen-bond donors (Lipinski definition) is 0. The molecule has 1 amide bonds. The van der Waals surface area contributed by atoms with Gasteiger partial charge in [0.15, 0.2) is 5.60 Å². The van der Waals surface area contributed by atoms with Crippen molar-refractivity contribution in [3.63, 3.8) is 0 Å². The molecule has 1 aliphatic heterocycles. The molecule has 0 bridgehead atoms. The Labute approximate surface area is 130 Å². The van der Waals surface area contributed by atoms with Crippen molar-refractivity contribution in [3.05, 3.63) is 42.1 Å². The molecule has 0 unspecified atom stereocenters. The average Bonchev–Trinajstić information content (AvgIpc) is 2.71. The number of amides is 1. The highest BCUT2D eigenvalue weighted by molar-refractivity contribution is 7.89. The zero-order valence-electron chi connectivity index (χ0n) is 12.5. The molecule has 5 nitrogen and oxygen atoms in total. The number of benzene rings is 1. The first-order valence-electron chi connectivity index (χ1n) is 7.41. The Morgan fingerprint density at radius 3 is 2.32 bits per heavy atom. The SMILES string of the molecule is C=C1N(S(=O)(=O)c2ccc(C)cc2)C(=O)OC12CCCCC2. The number of carbonyl (C=O) groups is 1. The summed E-state index contributed by atoms with van der Waals surface area (Å²) in [5.41, 5.74) is 0.357. The van der Waals surface area contributed by atoms with Crippen LogP contribution in [0.4, 0.5) is 4.79 Å². The molecule has 6 heteroatoms. The molecule has 0 radical (unpaired) electrons. The maximum Gasteiger partial charge on any atom is 0.429 e. The maximum absolute atomic E-state index is 12.8. The van der Waals surface area contributed by atoms with Gasteiger partial charge in [0.2, 0.25) is 0 Å². The van der Waals surface area contributed by atoms with Crippen LogP contribution in [-0.4, -0.2) is 24.4 Å². The van der Waals surface area contributed by atoms with Crippen LogP contribution in [0.2, 0.25) is 0 Å². The van der Waals surface area contributed by atoms with Crippen molar-refractivity contribution in [2.24, 2.45) is 0 Å². The molecule has 1 aromatic carbocycles. The van der Waals surface area contributed by atoms with Gasteiger partial charge in [-0.2, -0.15) is 4.31 Å². The Bertz CT molecular complexity index is 715. The molecule has 0 aromatic heterocycles. The fraction of sp³-hybridized carbons (Fsp3) is 0.438. The Hall–Kier alpha value is -1.82. The maximum atomic E-state index is 12.8.